The lowest BCUT2D eigenvalue weighted by Gasteiger charge is -2.37. The van der Waals surface area contributed by atoms with Gasteiger partial charge in [0.1, 0.15) is 0 Å². The Labute approximate surface area is 70.3 Å². The minimum atomic E-state index is 0.592. The van der Waals surface area contributed by atoms with Gasteiger partial charge in [0.15, 0.2) is 0 Å². The van der Waals surface area contributed by atoms with E-state index in [-0.39, 0.29) is 0 Å². The van der Waals surface area contributed by atoms with Gasteiger partial charge in [0, 0.05) is 4.83 Å². The van der Waals surface area contributed by atoms with Crippen LogP contribution in [0.25, 0.3) is 0 Å². The van der Waals surface area contributed by atoms with E-state index in [2.05, 4.69) is 15.9 Å². The first-order valence-electron chi connectivity index (χ1n) is 4.14. The normalized spacial score (nSPS) is 40.5. The van der Waals surface area contributed by atoms with Crippen LogP contribution in [-0.2, 0) is 4.74 Å². The SMILES string of the molecule is BrC1CC(OC2CCC2)C1. The fourth-order valence-electron chi connectivity index (χ4n) is 1.39. The van der Waals surface area contributed by atoms with E-state index in [4.69, 9.17) is 4.74 Å². The van der Waals surface area contributed by atoms with Crippen molar-refractivity contribution in [1.82, 2.24) is 0 Å². The van der Waals surface area contributed by atoms with Crippen LogP contribution in [-0.4, -0.2) is 17.0 Å². The maximum atomic E-state index is 5.76. The second-order valence-electron chi connectivity index (χ2n) is 3.38. The zero-order chi connectivity index (χ0) is 6.97. The van der Waals surface area contributed by atoms with Crippen molar-refractivity contribution in [2.75, 3.05) is 0 Å². The maximum absolute atomic E-state index is 5.76. The summed E-state index contributed by atoms with van der Waals surface area (Å²) in [6.07, 6.45) is 7.69. The Morgan fingerprint density at radius 1 is 1.10 bits per heavy atom. The molecule has 2 saturated carbocycles. The molecule has 0 aromatic carbocycles. The van der Waals surface area contributed by atoms with Crippen molar-refractivity contribution in [2.24, 2.45) is 0 Å². The number of hydrogen-bond donors (Lipinski definition) is 0. The van der Waals surface area contributed by atoms with E-state index in [0.29, 0.717) is 12.2 Å². The summed E-state index contributed by atoms with van der Waals surface area (Å²) in [5, 5.41) is 0. The molecule has 58 valence electrons. The van der Waals surface area contributed by atoms with E-state index >= 15 is 0 Å². The van der Waals surface area contributed by atoms with E-state index in [1.807, 2.05) is 0 Å². The standard InChI is InChI=1S/C8H13BrO/c9-6-4-8(5-6)10-7-2-1-3-7/h6-8H,1-5H2. The van der Waals surface area contributed by atoms with Crippen molar-refractivity contribution in [3.8, 4) is 0 Å². The Morgan fingerprint density at radius 3 is 2.20 bits per heavy atom. The molecule has 0 amide bonds. The van der Waals surface area contributed by atoms with E-state index in [1.54, 1.807) is 0 Å². The Balaban J connectivity index is 1.62. The third kappa shape index (κ3) is 1.37. The molecule has 0 N–H and O–H groups in total. The molecule has 0 bridgehead atoms. The van der Waals surface area contributed by atoms with Crippen molar-refractivity contribution in [1.29, 1.82) is 0 Å². The van der Waals surface area contributed by atoms with E-state index < -0.39 is 0 Å². The molecule has 0 saturated heterocycles. The summed E-state index contributed by atoms with van der Waals surface area (Å²) in [5.41, 5.74) is 0. The molecule has 0 heterocycles. The van der Waals surface area contributed by atoms with Crippen molar-refractivity contribution < 1.29 is 4.74 Å². The highest BCUT2D eigenvalue weighted by Crippen LogP contribution is 2.34. The zero-order valence-electron chi connectivity index (χ0n) is 6.05. The molecule has 0 aliphatic heterocycles. The van der Waals surface area contributed by atoms with Crippen LogP contribution in [0.5, 0.6) is 0 Å². The lowest BCUT2D eigenvalue weighted by molar-refractivity contribution is -0.0792. The van der Waals surface area contributed by atoms with Crippen LogP contribution in [0.4, 0.5) is 0 Å². The first kappa shape index (κ1) is 7.11. The van der Waals surface area contributed by atoms with Gasteiger partial charge in [-0.25, -0.2) is 0 Å². The number of alkyl halides is 1. The average molecular weight is 205 g/mol. The highest BCUT2D eigenvalue weighted by atomic mass is 79.9. The molecule has 2 fully saturated rings. The van der Waals surface area contributed by atoms with E-state index in [1.165, 1.54) is 32.1 Å². The smallest absolute Gasteiger partial charge is 0.0600 e. The minimum Gasteiger partial charge on any atom is -0.375 e. The summed E-state index contributed by atoms with van der Waals surface area (Å²) < 4.78 is 5.76. The largest absolute Gasteiger partial charge is 0.375 e. The predicted octanol–water partition coefficient (Wildman–Crippen LogP) is 2.48. The van der Waals surface area contributed by atoms with Crippen LogP contribution in [0.2, 0.25) is 0 Å². The Kier molecular flexibility index (Phi) is 2.01. The molecular formula is C8H13BrO. The van der Waals surface area contributed by atoms with Gasteiger partial charge in [-0.2, -0.15) is 0 Å². The first-order chi connectivity index (χ1) is 4.84. The molecule has 10 heavy (non-hydrogen) atoms. The molecular weight excluding hydrogens is 192 g/mol. The predicted molar refractivity (Wildman–Crippen MR) is 44.5 cm³/mol. The molecule has 0 aromatic rings. The fourth-order valence-corrected chi connectivity index (χ4v) is 2.23. The highest BCUT2D eigenvalue weighted by molar-refractivity contribution is 9.09. The molecule has 2 aliphatic rings. The minimum absolute atomic E-state index is 0.592. The third-order valence-electron chi connectivity index (χ3n) is 2.47. The van der Waals surface area contributed by atoms with Crippen LogP contribution in [0.1, 0.15) is 32.1 Å². The Bertz CT molecular complexity index is 116. The lowest BCUT2D eigenvalue weighted by atomic mass is 9.92. The summed E-state index contributed by atoms with van der Waals surface area (Å²) >= 11 is 3.55. The van der Waals surface area contributed by atoms with Gasteiger partial charge in [0.05, 0.1) is 12.2 Å². The molecule has 0 unspecified atom stereocenters. The molecule has 0 aromatic heterocycles. The van der Waals surface area contributed by atoms with Crippen molar-refractivity contribution >= 4 is 15.9 Å². The van der Waals surface area contributed by atoms with Crippen LogP contribution in [0.3, 0.4) is 0 Å². The first-order valence-corrected chi connectivity index (χ1v) is 5.05. The van der Waals surface area contributed by atoms with Gasteiger partial charge in [-0.1, -0.05) is 15.9 Å². The van der Waals surface area contributed by atoms with Crippen LogP contribution >= 0.6 is 15.9 Å². The van der Waals surface area contributed by atoms with Gasteiger partial charge < -0.3 is 4.74 Å². The summed E-state index contributed by atoms with van der Waals surface area (Å²) in [7, 11) is 0. The zero-order valence-corrected chi connectivity index (χ0v) is 7.64. The second kappa shape index (κ2) is 2.82. The van der Waals surface area contributed by atoms with Crippen molar-refractivity contribution in [3.05, 3.63) is 0 Å². The lowest BCUT2D eigenvalue weighted by Crippen LogP contribution is -2.37. The van der Waals surface area contributed by atoms with Gasteiger partial charge >= 0.3 is 0 Å². The van der Waals surface area contributed by atoms with Gasteiger partial charge in [-0.05, 0) is 32.1 Å². The van der Waals surface area contributed by atoms with Crippen LogP contribution in [0.15, 0.2) is 0 Å². The Morgan fingerprint density at radius 2 is 1.80 bits per heavy atom. The number of halogens is 1. The van der Waals surface area contributed by atoms with Gasteiger partial charge in [0.2, 0.25) is 0 Å². The third-order valence-corrected chi connectivity index (χ3v) is 3.22. The molecule has 0 spiro atoms. The molecule has 1 nitrogen and oxygen atoms in total. The summed E-state index contributed by atoms with van der Waals surface area (Å²) in [6, 6.07) is 0. The quantitative estimate of drug-likeness (QED) is 0.629. The van der Waals surface area contributed by atoms with E-state index in [9.17, 15) is 0 Å². The molecule has 0 radical (unpaired) electrons. The van der Waals surface area contributed by atoms with Crippen molar-refractivity contribution in [3.63, 3.8) is 0 Å². The van der Waals surface area contributed by atoms with E-state index in [0.717, 1.165) is 4.83 Å². The number of ether oxygens (including phenoxy) is 1. The van der Waals surface area contributed by atoms with Crippen LogP contribution in [0, 0.1) is 0 Å². The second-order valence-corrected chi connectivity index (χ2v) is 4.67. The van der Waals surface area contributed by atoms with Gasteiger partial charge in [0.25, 0.3) is 0 Å². The van der Waals surface area contributed by atoms with Gasteiger partial charge in [-0.15, -0.1) is 0 Å². The molecule has 2 heteroatoms. The van der Waals surface area contributed by atoms with Crippen molar-refractivity contribution in [2.45, 2.75) is 49.1 Å². The van der Waals surface area contributed by atoms with Crippen LogP contribution < -0.4 is 0 Å². The highest BCUT2D eigenvalue weighted by Gasteiger charge is 2.31. The summed E-state index contributed by atoms with van der Waals surface area (Å²) in [4.78, 5) is 0.748. The topological polar surface area (TPSA) is 9.23 Å². The fraction of sp³-hybridized carbons (Fsp3) is 1.00. The summed E-state index contributed by atoms with van der Waals surface area (Å²) in [5.74, 6) is 0. The summed E-state index contributed by atoms with van der Waals surface area (Å²) in [6.45, 7) is 0. The molecule has 2 aliphatic carbocycles. The number of hydrogen-bond acceptors (Lipinski definition) is 1. The maximum Gasteiger partial charge on any atom is 0.0600 e. The molecule has 0 atom stereocenters. The van der Waals surface area contributed by atoms with Gasteiger partial charge in [-0.3, -0.25) is 0 Å². The average Bonchev–Trinajstić information content (AvgIpc) is 1.72. The number of rotatable bonds is 2. The molecule has 2 rings (SSSR count). The Hall–Kier alpha value is 0.440. The monoisotopic (exact) mass is 204 g/mol.